The van der Waals surface area contributed by atoms with Crippen molar-refractivity contribution in [1.82, 2.24) is 15.2 Å². The average Bonchev–Trinajstić information content (AvgIpc) is 3.27. The molecule has 29 heavy (non-hydrogen) atoms. The molecule has 164 valence electrons. The van der Waals surface area contributed by atoms with Crippen molar-refractivity contribution < 1.29 is 18.9 Å². The smallest absolute Gasteiger partial charge is 0.218 e. The van der Waals surface area contributed by atoms with Crippen LogP contribution in [0.15, 0.2) is 23.3 Å². The molecule has 1 aromatic heterocycles. The van der Waals surface area contributed by atoms with Crippen molar-refractivity contribution in [2.24, 2.45) is 4.99 Å². The lowest BCUT2D eigenvalue weighted by Gasteiger charge is -2.37. The maximum atomic E-state index is 5.97. The number of aromatic nitrogens is 1. The average molecular weight is 520 g/mol. The van der Waals surface area contributed by atoms with Gasteiger partial charge in [0, 0.05) is 45.1 Å². The monoisotopic (exact) mass is 520 g/mol. The maximum Gasteiger partial charge on any atom is 0.218 e. The molecule has 1 N–H and O–H groups in total. The fraction of sp³-hybridized carbons (Fsp3) is 0.700. The second-order valence-electron chi connectivity index (χ2n) is 6.89. The molecule has 0 aliphatic carbocycles. The normalized spacial score (nSPS) is 22.3. The molecule has 2 aliphatic heterocycles. The van der Waals surface area contributed by atoms with Crippen LogP contribution >= 0.6 is 24.0 Å². The van der Waals surface area contributed by atoms with E-state index < -0.39 is 0 Å². The van der Waals surface area contributed by atoms with Crippen LogP contribution in [-0.4, -0.2) is 81.2 Å². The van der Waals surface area contributed by atoms with E-state index in [-0.39, 0.29) is 36.2 Å². The molecule has 2 atom stereocenters. The Balaban J connectivity index is 0.00000300. The second kappa shape index (κ2) is 13.2. The molecule has 0 spiro atoms. The Labute approximate surface area is 190 Å². The SMILES string of the molecule is CCNC(=NCc1cccnc1OCCOC)N1CCOC(C2CCCO2)C1.I. The number of aliphatic imine (C=N–C) groups is 1. The second-order valence-corrected chi connectivity index (χ2v) is 6.89. The minimum atomic E-state index is 0. The fourth-order valence-electron chi connectivity index (χ4n) is 3.47. The molecule has 3 rings (SSSR count). The van der Waals surface area contributed by atoms with Crippen molar-refractivity contribution >= 4 is 29.9 Å². The van der Waals surface area contributed by atoms with Crippen LogP contribution in [0.1, 0.15) is 25.3 Å². The summed E-state index contributed by atoms with van der Waals surface area (Å²) in [5, 5.41) is 3.40. The van der Waals surface area contributed by atoms with Gasteiger partial charge < -0.3 is 29.2 Å². The molecule has 2 fully saturated rings. The molecule has 0 amide bonds. The first-order valence-corrected chi connectivity index (χ1v) is 10.1. The van der Waals surface area contributed by atoms with Gasteiger partial charge in [0.1, 0.15) is 12.7 Å². The van der Waals surface area contributed by atoms with Crippen LogP contribution < -0.4 is 10.1 Å². The van der Waals surface area contributed by atoms with E-state index in [1.165, 1.54) is 0 Å². The van der Waals surface area contributed by atoms with Gasteiger partial charge >= 0.3 is 0 Å². The van der Waals surface area contributed by atoms with Crippen LogP contribution in [0.4, 0.5) is 0 Å². The summed E-state index contributed by atoms with van der Waals surface area (Å²) in [5.74, 6) is 1.50. The lowest BCUT2D eigenvalue weighted by Crippen LogP contribution is -2.53. The first-order chi connectivity index (χ1) is 13.8. The summed E-state index contributed by atoms with van der Waals surface area (Å²) >= 11 is 0. The Hall–Kier alpha value is -1.17. The minimum Gasteiger partial charge on any atom is -0.475 e. The van der Waals surface area contributed by atoms with Crippen molar-refractivity contribution in [1.29, 1.82) is 0 Å². The number of rotatable bonds is 8. The van der Waals surface area contributed by atoms with Gasteiger partial charge in [-0.15, -0.1) is 24.0 Å². The highest BCUT2D eigenvalue weighted by atomic mass is 127. The van der Waals surface area contributed by atoms with Crippen molar-refractivity contribution in [2.75, 3.05) is 53.2 Å². The predicted octanol–water partition coefficient (Wildman–Crippen LogP) is 2.07. The number of ether oxygens (including phenoxy) is 4. The summed E-state index contributed by atoms with van der Waals surface area (Å²) in [6.07, 6.45) is 4.22. The highest BCUT2D eigenvalue weighted by molar-refractivity contribution is 14.0. The minimum absolute atomic E-state index is 0. The summed E-state index contributed by atoms with van der Waals surface area (Å²) in [5.41, 5.74) is 0.956. The number of nitrogens with zero attached hydrogens (tertiary/aromatic N) is 3. The topological polar surface area (TPSA) is 77.4 Å². The Bertz CT molecular complexity index is 628. The third kappa shape index (κ3) is 7.23. The zero-order chi connectivity index (χ0) is 19.6. The van der Waals surface area contributed by atoms with Crippen LogP contribution in [-0.2, 0) is 20.8 Å². The van der Waals surface area contributed by atoms with E-state index >= 15 is 0 Å². The third-order valence-electron chi connectivity index (χ3n) is 4.88. The van der Waals surface area contributed by atoms with Crippen LogP contribution in [0.25, 0.3) is 0 Å². The lowest BCUT2D eigenvalue weighted by atomic mass is 10.1. The van der Waals surface area contributed by atoms with Gasteiger partial charge in [-0.3, -0.25) is 0 Å². The van der Waals surface area contributed by atoms with Crippen LogP contribution in [0, 0.1) is 0 Å². The van der Waals surface area contributed by atoms with Crippen LogP contribution in [0.3, 0.4) is 0 Å². The summed E-state index contributed by atoms with van der Waals surface area (Å²) in [6.45, 7) is 7.53. The van der Waals surface area contributed by atoms with Crippen molar-refractivity contribution in [2.45, 2.75) is 38.5 Å². The maximum absolute atomic E-state index is 5.97. The standard InChI is InChI=1S/C20H32N4O4.HI/c1-3-21-20(24-9-11-27-18(15-24)17-7-5-10-26-17)23-14-16-6-4-8-22-19(16)28-13-12-25-2;/h4,6,8,17-18H,3,5,7,9-15H2,1-2H3,(H,21,23);1H. The van der Waals surface area contributed by atoms with E-state index in [0.717, 1.165) is 50.6 Å². The number of halogens is 1. The molecule has 0 saturated carbocycles. The Kier molecular flexibility index (Phi) is 11.0. The van der Waals surface area contributed by atoms with Gasteiger partial charge in [0.15, 0.2) is 5.96 Å². The van der Waals surface area contributed by atoms with E-state index in [1.807, 2.05) is 12.1 Å². The number of methoxy groups -OCH3 is 1. The zero-order valence-electron chi connectivity index (χ0n) is 17.3. The van der Waals surface area contributed by atoms with E-state index in [4.69, 9.17) is 23.9 Å². The van der Waals surface area contributed by atoms with Gasteiger partial charge in [0.05, 0.1) is 25.9 Å². The Morgan fingerprint density at radius 2 is 2.17 bits per heavy atom. The first-order valence-electron chi connectivity index (χ1n) is 10.1. The van der Waals surface area contributed by atoms with Gasteiger partial charge in [-0.25, -0.2) is 9.98 Å². The van der Waals surface area contributed by atoms with Crippen molar-refractivity contribution in [3.63, 3.8) is 0 Å². The van der Waals surface area contributed by atoms with Gasteiger partial charge in [0.2, 0.25) is 5.88 Å². The molecule has 9 heteroatoms. The van der Waals surface area contributed by atoms with Crippen LogP contribution in [0.2, 0.25) is 0 Å². The van der Waals surface area contributed by atoms with E-state index in [1.54, 1.807) is 13.3 Å². The highest BCUT2D eigenvalue weighted by Gasteiger charge is 2.32. The van der Waals surface area contributed by atoms with Gasteiger partial charge in [-0.2, -0.15) is 0 Å². The summed E-state index contributed by atoms with van der Waals surface area (Å²) in [4.78, 5) is 11.4. The fourth-order valence-corrected chi connectivity index (χ4v) is 3.47. The molecule has 2 saturated heterocycles. The predicted molar refractivity (Wildman–Crippen MR) is 122 cm³/mol. The molecule has 0 aromatic carbocycles. The van der Waals surface area contributed by atoms with Crippen LogP contribution in [0.5, 0.6) is 5.88 Å². The third-order valence-corrected chi connectivity index (χ3v) is 4.88. The molecule has 0 bridgehead atoms. The molecular weight excluding hydrogens is 487 g/mol. The summed E-state index contributed by atoms with van der Waals surface area (Å²) in [6, 6.07) is 3.90. The molecule has 0 radical (unpaired) electrons. The number of hydrogen-bond donors (Lipinski definition) is 1. The van der Waals surface area contributed by atoms with E-state index in [0.29, 0.717) is 32.2 Å². The zero-order valence-corrected chi connectivity index (χ0v) is 19.7. The largest absolute Gasteiger partial charge is 0.475 e. The molecule has 2 unspecified atom stereocenters. The number of nitrogens with one attached hydrogen (secondary N) is 1. The highest BCUT2D eigenvalue weighted by Crippen LogP contribution is 2.21. The molecule has 8 nitrogen and oxygen atoms in total. The number of morpholine rings is 1. The summed E-state index contributed by atoms with van der Waals surface area (Å²) in [7, 11) is 1.65. The quantitative estimate of drug-likeness (QED) is 0.244. The van der Waals surface area contributed by atoms with E-state index in [9.17, 15) is 0 Å². The Morgan fingerprint density at radius 3 is 2.93 bits per heavy atom. The Morgan fingerprint density at radius 1 is 1.31 bits per heavy atom. The number of hydrogen-bond acceptors (Lipinski definition) is 6. The lowest BCUT2D eigenvalue weighted by molar-refractivity contribution is -0.0817. The summed E-state index contributed by atoms with van der Waals surface area (Å²) < 4.78 is 22.6. The van der Waals surface area contributed by atoms with Gasteiger partial charge in [-0.05, 0) is 25.8 Å². The first kappa shape index (κ1) is 24.1. The van der Waals surface area contributed by atoms with E-state index in [2.05, 4.69) is 22.1 Å². The van der Waals surface area contributed by atoms with Crippen molar-refractivity contribution in [3.8, 4) is 5.88 Å². The number of guanidine groups is 1. The molecule has 3 heterocycles. The van der Waals surface area contributed by atoms with Crippen molar-refractivity contribution in [3.05, 3.63) is 23.9 Å². The molecule has 1 aromatic rings. The van der Waals surface area contributed by atoms with Gasteiger partial charge in [-0.1, -0.05) is 6.07 Å². The molecule has 2 aliphatic rings. The number of pyridine rings is 1. The van der Waals surface area contributed by atoms with Gasteiger partial charge in [0.25, 0.3) is 0 Å². The molecular formula is C20H33IN4O4.